The van der Waals surface area contributed by atoms with Crippen LogP contribution in [0.3, 0.4) is 0 Å². The zero-order valence-electron chi connectivity index (χ0n) is 20.2. The molecule has 1 heterocycles. The van der Waals surface area contributed by atoms with Gasteiger partial charge in [0.2, 0.25) is 11.8 Å². The van der Waals surface area contributed by atoms with E-state index in [1.165, 1.54) is 0 Å². The van der Waals surface area contributed by atoms with E-state index in [0.29, 0.717) is 6.04 Å². The van der Waals surface area contributed by atoms with Crippen LogP contribution in [-0.4, -0.2) is 47.7 Å². The maximum Gasteiger partial charge on any atom is 0.239 e. The van der Waals surface area contributed by atoms with Gasteiger partial charge in [-0.2, -0.15) is 0 Å². The van der Waals surface area contributed by atoms with E-state index in [9.17, 15) is 14.7 Å². The van der Waals surface area contributed by atoms with Gasteiger partial charge in [0, 0.05) is 41.1 Å². The molecular weight excluding hydrogens is 394 g/mol. The zero-order chi connectivity index (χ0) is 23.4. The predicted molar refractivity (Wildman–Crippen MR) is 122 cm³/mol. The Labute approximate surface area is 186 Å². The molecule has 1 fully saturated rings. The van der Waals surface area contributed by atoms with Gasteiger partial charge in [-0.05, 0) is 53.0 Å². The number of hydrogen-bond acceptors (Lipinski definition) is 5. The van der Waals surface area contributed by atoms with Gasteiger partial charge in [0.15, 0.2) is 0 Å². The van der Waals surface area contributed by atoms with Crippen molar-refractivity contribution in [3.63, 3.8) is 0 Å². The number of rotatable bonds is 7. The Kier molecular flexibility index (Phi) is 8.34. The van der Waals surface area contributed by atoms with Crippen LogP contribution in [0.4, 0.5) is 0 Å². The molecule has 31 heavy (non-hydrogen) atoms. The van der Waals surface area contributed by atoms with Crippen LogP contribution in [-0.2, 0) is 21.4 Å². The van der Waals surface area contributed by atoms with E-state index in [4.69, 9.17) is 4.42 Å². The second kappa shape index (κ2) is 10.2. The van der Waals surface area contributed by atoms with E-state index < -0.39 is 0 Å². The number of hydrogen-bond donors (Lipinski definition) is 4. The van der Waals surface area contributed by atoms with Crippen LogP contribution in [0.15, 0.2) is 10.5 Å². The van der Waals surface area contributed by atoms with Crippen LogP contribution in [0.1, 0.15) is 77.9 Å². The van der Waals surface area contributed by atoms with E-state index in [-0.39, 0.29) is 54.3 Å². The van der Waals surface area contributed by atoms with Crippen molar-refractivity contribution in [3.05, 3.63) is 23.2 Å². The van der Waals surface area contributed by atoms with E-state index in [2.05, 4.69) is 57.5 Å². The summed E-state index contributed by atoms with van der Waals surface area (Å²) in [6, 6.07) is 2.18. The summed E-state index contributed by atoms with van der Waals surface area (Å²) in [6.45, 7) is 14.4. The lowest BCUT2D eigenvalue weighted by atomic mass is 9.81. The summed E-state index contributed by atoms with van der Waals surface area (Å²) in [5, 5.41) is 19.1. The number of aliphatic hydroxyl groups is 1. The first kappa shape index (κ1) is 25.4. The molecule has 4 N–H and O–H groups in total. The molecule has 0 bridgehead atoms. The lowest BCUT2D eigenvalue weighted by Gasteiger charge is -2.39. The van der Waals surface area contributed by atoms with Crippen LogP contribution in [0.25, 0.3) is 0 Å². The minimum atomic E-state index is -0.224. The molecule has 0 saturated heterocycles. The first-order valence-corrected chi connectivity index (χ1v) is 11.3. The molecule has 1 aromatic rings. The Morgan fingerprint density at radius 3 is 2.35 bits per heavy atom. The normalized spacial score (nSPS) is 22.3. The molecule has 0 radical (unpaired) electrons. The molecule has 1 aliphatic rings. The second-order valence-corrected chi connectivity index (χ2v) is 10.9. The molecule has 3 atom stereocenters. The number of nitrogens with one attached hydrogen (secondary N) is 3. The topological polar surface area (TPSA) is 104 Å². The monoisotopic (exact) mass is 435 g/mol. The lowest BCUT2D eigenvalue weighted by Crippen LogP contribution is -2.53. The first-order valence-electron chi connectivity index (χ1n) is 11.3. The van der Waals surface area contributed by atoms with Crippen molar-refractivity contribution >= 4 is 11.8 Å². The molecule has 2 rings (SSSR count). The van der Waals surface area contributed by atoms with Gasteiger partial charge in [-0.25, -0.2) is 0 Å². The smallest absolute Gasteiger partial charge is 0.239 e. The Morgan fingerprint density at radius 2 is 1.81 bits per heavy atom. The van der Waals surface area contributed by atoms with E-state index in [1.807, 2.05) is 13.0 Å². The average molecular weight is 436 g/mol. The standard InChI is InChI=1S/C24H41N3O4/c1-15-16(11-20(31-15)23(2,3)4)12-21(29)25-13-22(30)26-19-9-8-18(10-17(19)14-28)27-24(5,6)7/h11,17-19,27-28H,8-10,12-14H2,1-7H3,(H,25,29)(H,26,30)/t17-,18+,19-/m0/s1. The van der Waals surface area contributed by atoms with Gasteiger partial charge >= 0.3 is 0 Å². The van der Waals surface area contributed by atoms with E-state index in [1.54, 1.807) is 0 Å². The molecule has 0 aromatic carbocycles. The SMILES string of the molecule is Cc1oc(C(C)(C)C)cc1CC(=O)NCC(=O)N[C@H]1CC[C@@H](NC(C)(C)C)C[C@H]1CO. The van der Waals surface area contributed by atoms with Crippen molar-refractivity contribution in [1.29, 1.82) is 0 Å². The van der Waals surface area contributed by atoms with Crippen molar-refractivity contribution in [2.75, 3.05) is 13.2 Å². The maximum absolute atomic E-state index is 12.4. The van der Waals surface area contributed by atoms with Gasteiger partial charge in [-0.3, -0.25) is 9.59 Å². The third kappa shape index (κ3) is 7.96. The average Bonchev–Trinajstić information content (AvgIpc) is 3.01. The Bertz CT molecular complexity index is 758. The highest BCUT2D eigenvalue weighted by Gasteiger charge is 2.32. The van der Waals surface area contributed by atoms with Crippen LogP contribution in [0.5, 0.6) is 0 Å². The van der Waals surface area contributed by atoms with Crippen molar-refractivity contribution in [1.82, 2.24) is 16.0 Å². The number of furan rings is 1. The molecule has 0 spiro atoms. The fraction of sp³-hybridized carbons (Fsp3) is 0.750. The van der Waals surface area contributed by atoms with E-state index in [0.717, 1.165) is 36.3 Å². The summed E-state index contributed by atoms with van der Waals surface area (Å²) in [5.74, 6) is 1.15. The Hall–Kier alpha value is -1.86. The van der Waals surface area contributed by atoms with Gasteiger partial charge in [0.25, 0.3) is 0 Å². The van der Waals surface area contributed by atoms with Gasteiger partial charge in [-0.15, -0.1) is 0 Å². The summed E-state index contributed by atoms with van der Waals surface area (Å²) < 4.78 is 5.78. The number of aliphatic hydroxyl groups excluding tert-OH is 1. The molecule has 1 aromatic heterocycles. The van der Waals surface area contributed by atoms with Gasteiger partial charge in [0.1, 0.15) is 11.5 Å². The van der Waals surface area contributed by atoms with Crippen molar-refractivity contribution in [3.8, 4) is 0 Å². The number of carbonyl (C=O) groups excluding carboxylic acids is 2. The quantitative estimate of drug-likeness (QED) is 0.527. The minimum Gasteiger partial charge on any atom is -0.466 e. The molecular formula is C24H41N3O4. The molecule has 1 aliphatic carbocycles. The third-order valence-corrected chi connectivity index (χ3v) is 5.76. The van der Waals surface area contributed by atoms with Crippen LogP contribution < -0.4 is 16.0 Å². The third-order valence-electron chi connectivity index (χ3n) is 5.76. The van der Waals surface area contributed by atoms with Crippen molar-refractivity contribution in [2.45, 2.75) is 97.2 Å². The number of carbonyl (C=O) groups is 2. The van der Waals surface area contributed by atoms with Crippen molar-refractivity contribution < 1.29 is 19.1 Å². The summed E-state index contributed by atoms with van der Waals surface area (Å²) in [4.78, 5) is 24.7. The molecule has 7 nitrogen and oxygen atoms in total. The summed E-state index contributed by atoms with van der Waals surface area (Å²) in [7, 11) is 0. The Balaban J connectivity index is 1.81. The van der Waals surface area contributed by atoms with Gasteiger partial charge in [0.05, 0.1) is 13.0 Å². The Morgan fingerprint density at radius 1 is 1.13 bits per heavy atom. The predicted octanol–water partition coefficient (Wildman–Crippen LogP) is 2.58. The summed E-state index contributed by atoms with van der Waals surface area (Å²) in [5.41, 5.74) is 0.739. The molecule has 2 amide bonds. The largest absolute Gasteiger partial charge is 0.466 e. The van der Waals surface area contributed by atoms with E-state index >= 15 is 0 Å². The van der Waals surface area contributed by atoms with Crippen molar-refractivity contribution in [2.24, 2.45) is 5.92 Å². The van der Waals surface area contributed by atoms with Crippen LogP contribution >= 0.6 is 0 Å². The van der Waals surface area contributed by atoms with Crippen LogP contribution in [0, 0.1) is 12.8 Å². The highest BCUT2D eigenvalue weighted by molar-refractivity contribution is 5.85. The molecule has 0 aliphatic heterocycles. The number of amides is 2. The first-order chi connectivity index (χ1) is 14.3. The lowest BCUT2D eigenvalue weighted by molar-refractivity contribution is -0.126. The minimum absolute atomic E-state index is 0.0117. The highest BCUT2D eigenvalue weighted by Crippen LogP contribution is 2.27. The van der Waals surface area contributed by atoms with Gasteiger partial charge in [-0.1, -0.05) is 20.8 Å². The highest BCUT2D eigenvalue weighted by atomic mass is 16.3. The molecule has 0 unspecified atom stereocenters. The maximum atomic E-state index is 12.4. The fourth-order valence-corrected chi connectivity index (χ4v) is 4.14. The summed E-state index contributed by atoms with van der Waals surface area (Å²) >= 11 is 0. The summed E-state index contributed by atoms with van der Waals surface area (Å²) in [6.07, 6.45) is 2.76. The molecule has 1 saturated carbocycles. The zero-order valence-corrected chi connectivity index (χ0v) is 20.2. The fourth-order valence-electron chi connectivity index (χ4n) is 4.14. The molecule has 7 heteroatoms. The van der Waals surface area contributed by atoms with Crippen LogP contribution in [0.2, 0.25) is 0 Å². The number of aryl methyl sites for hydroxylation is 1. The molecule has 176 valence electrons. The van der Waals surface area contributed by atoms with Gasteiger partial charge < -0.3 is 25.5 Å². The second-order valence-electron chi connectivity index (χ2n) is 10.9.